The summed E-state index contributed by atoms with van der Waals surface area (Å²) in [6, 6.07) is 24.6. The number of carbonyl (C=O) groups excluding carboxylic acids is 3. The van der Waals surface area contributed by atoms with Gasteiger partial charge in [0.15, 0.2) is 5.17 Å². The van der Waals surface area contributed by atoms with E-state index < -0.39 is 11.3 Å². The molecule has 1 fully saturated rings. The number of hydrogen-bond donors (Lipinski definition) is 1. The maximum absolute atomic E-state index is 12.9. The number of benzene rings is 3. The van der Waals surface area contributed by atoms with E-state index in [1.54, 1.807) is 12.1 Å². The molecule has 3 aromatic rings. The van der Waals surface area contributed by atoms with Crippen molar-refractivity contribution in [2.24, 2.45) is 4.99 Å². The van der Waals surface area contributed by atoms with E-state index in [2.05, 4.69) is 22.3 Å². The van der Waals surface area contributed by atoms with Crippen LogP contribution in [0.4, 0.5) is 21.9 Å². The van der Waals surface area contributed by atoms with Crippen LogP contribution in [0.25, 0.3) is 0 Å². The van der Waals surface area contributed by atoms with Gasteiger partial charge in [0.1, 0.15) is 19.4 Å². The third kappa shape index (κ3) is 11.0. The summed E-state index contributed by atoms with van der Waals surface area (Å²) in [5.41, 5.74) is 4.11. The van der Waals surface area contributed by atoms with Crippen molar-refractivity contribution in [3.8, 4) is 0 Å². The highest BCUT2D eigenvalue weighted by Crippen LogP contribution is 2.32. The number of nitrogens with one attached hydrogen (secondary N) is 1. The van der Waals surface area contributed by atoms with Crippen molar-refractivity contribution in [3.05, 3.63) is 102 Å². The molecule has 248 valence electrons. The summed E-state index contributed by atoms with van der Waals surface area (Å²) in [6.45, 7) is 7.41. The Labute approximate surface area is 281 Å². The zero-order valence-electron chi connectivity index (χ0n) is 27.2. The molecule has 1 saturated heterocycles. The molecule has 1 unspecified atom stereocenters. The Bertz CT molecular complexity index is 1490. The number of morpholine rings is 1. The molecule has 11 heteroatoms. The van der Waals surface area contributed by atoms with Crippen LogP contribution >= 0.6 is 11.8 Å². The Morgan fingerprint density at radius 1 is 1.04 bits per heavy atom. The summed E-state index contributed by atoms with van der Waals surface area (Å²) < 4.78 is 10.9. The number of carbonyl (C=O) groups is 3. The summed E-state index contributed by atoms with van der Waals surface area (Å²) >= 11 is 1.34. The first-order chi connectivity index (χ1) is 22.9. The number of amidine groups is 1. The van der Waals surface area contributed by atoms with Crippen molar-refractivity contribution in [1.82, 2.24) is 9.80 Å². The minimum absolute atomic E-state index is 0.136. The van der Waals surface area contributed by atoms with E-state index in [0.29, 0.717) is 23.8 Å². The van der Waals surface area contributed by atoms with Crippen LogP contribution in [-0.4, -0.2) is 79.7 Å². The quantitative estimate of drug-likeness (QED) is 0.124. The zero-order valence-corrected chi connectivity index (χ0v) is 28.0. The highest BCUT2D eigenvalue weighted by molar-refractivity contribution is 8.14. The van der Waals surface area contributed by atoms with Crippen molar-refractivity contribution in [2.75, 3.05) is 56.7 Å². The van der Waals surface area contributed by atoms with Crippen molar-refractivity contribution < 1.29 is 23.9 Å². The van der Waals surface area contributed by atoms with Gasteiger partial charge < -0.3 is 29.4 Å². The molecule has 1 heterocycles. The van der Waals surface area contributed by atoms with E-state index in [4.69, 9.17) is 14.5 Å². The fourth-order valence-corrected chi connectivity index (χ4v) is 5.84. The lowest BCUT2D eigenvalue weighted by molar-refractivity contribution is -0.117. The van der Waals surface area contributed by atoms with Gasteiger partial charge in [0, 0.05) is 44.3 Å². The van der Waals surface area contributed by atoms with Crippen LogP contribution in [0.2, 0.25) is 0 Å². The molecule has 4 rings (SSSR count). The molecule has 1 aliphatic rings. The third-order valence-electron chi connectivity index (χ3n) is 7.30. The average Bonchev–Trinajstić information content (AvgIpc) is 3.10. The number of hydrogen-bond acceptors (Lipinski definition) is 8. The second-order valence-electron chi connectivity index (χ2n) is 10.9. The van der Waals surface area contributed by atoms with E-state index in [1.165, 1.54) is 16.7 Å². The maximum atomic E-state index is 12.9. The summed E-state index contributed by atoms with van der Waals surface area (Å²) in [5.74, 6) is -0.341. The van der Waals surface area contributed by atoms with Crippen LogP contribution in [0.5, 0.6) is 0 Å². The molecule has 3 aromatic carbocycles. The first kappa shape index (κ1) is 35.2. The van der Waals surface area contributed by atoms with Crippen LogP contribution in [0, 0.1) is 0 Å². The van der Waals surface area contributed by atoms with Crippen molar-refractivity contribution in [1.29, 1.82) is 0 Å². The minimum atomic E-state index is -0.541. The molecule has 1 N–H and O–H groups in total. The van der Waals surface area contributed by atoms with Gasteiger partial charge in [-0.05, 0) is 60.9 Å². The maximum Gasteiger partial charge on any atom is 0.410 e. The van der Waals surface area contributed by atoms with Gasteiger partial charge in [-0.2, -0.15) is 0 Å². The highest BCUT2D eigenvalue weighted by Gasteiger charge is 2.20. The van der Waals surface area contributed by atoms with E-state index in [9.17, 15) is 14.4 Å². The Morgan fingerprint density at radius 3 is 2.38 bits per heavy atom. The number of allylic oxidation sites excluding steroid dienone is 1. The Hall–Kier alpha value is -4.61. The summed E-state index contributed by atoms with van der Waals surface area (Å²) in [6.07, 6.45) is 4.84. The van der Waals surface area contributed by atoms with Crippen LogP contribution < -0.4 is 10.2 Å². The molecule has 0 saturated carbocycles. The van der Waals surface area contributed by atoms with Crippen molar-refractivity contribution in [3.63, 3.8) is 0 Å². The fourth-order valence-electron chi connectivity index (χ4n) is 4.88. The van der Waals surface area contributed by atoms with Crippen molar-refractivity contribution >= 4 is 52.3 Å². The van der Waals surface area contributed by atoms with E-state index in [0.717, 1.165) is 55.1 Å². The SMILES string of the molecule is C/C=C/N(C)C(=Nc1ccc(N2CCOCC2)cc1)SC(C=O)c1ccc(NC(=O)CN(CCC)C(=O)OCc2ccccc2)cc1. The first-order valence-electron chi connectivity index (χ1n) is 15.7. The summed E-state index contributed by atoms with van der Waals surface area (Å²) in [5, 5.41) is 2.97. The lowest BCUT2D eigenvalue weighted by atomic mass is 10.1. The molecule has 0 aromatic heterocycles. The van der Waals surface area contributed by atoms with Gasteiger partial charge in [0.05, 0.1) is 24.2 Å². The van der Waals surface area contributed by atoms with Gasteiger partial charge in [-0.15, -0.1) is 0 Å². The van der Waals surface area contributed by atoms with E-state index in [1.807, 2.05) is 92.7 Å². The first-order valence-corrected chi connectivity index (χ1v) is 16.6. The monoisotopic (exact) mass is 657 g/mol. The zero-order chi connectivity index (χ0) is 33.4. The molecule has 47 heavy (non-hydrogen) atoms. The number of thioether (sulfide) groups is 1. The molecule has 10 nitrogen and oxygen atoms in total. The van der Waals surface area contributed by atoms with Gasteiger partial charge in [-0.1, -0.05) is 67.2 Å². The number of nitrogens with zero attached hydrogens (tertiary/aromatic N) is 4. The Kier molecular flexibility index (Phi) is 13.9. The van der Waals surface area contributed by atoms with Gasteiger partial charge in [-0.3, -0.25) is 9.69 Å². The lowest BCUT2D eigenvalue weighted by Crippen LogP contribution is -2.38. The van der Waals surface area contributed by atoms with E-state index >= 15 is 0 Å². The summed E-state index contributed by atoms with van der Waals surface area (Å²) in [7, 11) is 1.90. The molecular weight excluding hydrogens is 614 g/mol. The summed E-state index contributed by atoms with van der Waals surface area (Å²) in [4.78, 5) is 48.3. The molecule has 0 spiro atoms. The van der Waals surface area contributed by atoms with Gasteiger partial charge in [0.2, 0.25) is 5.91 Å². The molecule has 0 aliphatic carbocycles. The fraction of sp³-hybridized carbons (Fsp3) is 0.333. The van der Waals surface area contributed by atoms with Gasteiger partial charge in [0.25, 0.3) is 0 Å². The number of amides is 2. The lowest BCUT2D eigenvalue weighted by Gasteiger charge is -2.28. The molecule has 1 aliphatic heterocycles. The second kappa shape index (κ2) is 18.5. The largest absolute Gasteiger partial charge is 0.445 e. The Morgan fingerprint density at radius 2 is 1.74 bits per heavy atom. The standard InChI is InChI=1S/C36H43N5O5S/c1-4-19-39(3)35(38-31-15-17-32(18-16-31)40-21-23-45-24-22-40)47-33(26-42)29-11-13-30(14-12-29)37-34(43)25-41(20-5-2)36(44)46-27-28-9-7-6-8-10-28/h4,6-19,26,33H,5,20-25,27H2,1-3H3,(H,37,43)/b19-4+,38-35?. The van der Waals surface area contributed by atoms with E-state index in [-0.39, 0.29) is 19.1 Å². The van der Waals surface area contributed by atoms with Gasteiger partial charge >= 0.3 is 6.09 Å². The number of ether oxygens (including phenoxy) is 2. The third-order valence-corrected chi connectivity index (χ3v) is 8.52. The molecule has 0 radical (unpaired) electrons. The van der Waals surface area contributed by atoms with Gasteiger partial charge in [-0.25, -0.2) is 9.79 Å². The number of aliphatic imine (C=N–C) groups is 1. The Balaban J connectivity index is 1.38. The number of rotatable bonds is 13. The minimum Gasteiger partial charge on any atom is -0.445 e. The molecule has 2 amide bonds. The number of aldehydes is 1. The highest BCUT2D eigenvalue weighted by atomic mass is 32.2. The van der Waals surface area contributed by atoms with Crippen LogP contribution in [0.3, 0.4) is 0 Å². The van der Waals surface area contributed by atoms with Crippen LogP contribution in [0.1, 0.15) is 36.6 Å². The number of anilines is 2. The molecule has 0 bridgehead atoms. The van der Waals surface area contributed by atoms with Crippen LogP contribution in [0.15, 0.2) is 96.1 Å². The van der Waals surface area contributed by atoms with Crippen molar-refractivity contribution in [2.45, 2.75) is 32.1 Å². The van der Waals surface area contributed by atoms with Crippen LogP contribution in [-0.2, 0) is 25.7 Å². The second-order valence-corrected chi connectivity index (χ2v) is 12.0. The molecule has 1 atom stereocenters. The predicted octanol–water partition coefficient (Wildman–Crippen LogP) is 6.64. The molecular formula is C36H43N5O5S. The smallest absolute Gasteiger partial charge is 0.410 e. The predicted molar refractivity (Wildman–Crippen MR) is 189 cm³/mol. The topological polar surface area (TPSA) is 104 Å². The normalized spacial score (nSPS) is 14.0. The average molecular weight is 658 g/mol.